The fraction of sp³-hybridized carbons (Fsp3) is 0.120. The van der Waals surface area contributed by atoms with Crippen LogP contribution in [0.2, 0.25) is 0 Å². The predicted octanol–water partition coefficient (Wildman–Crippen LogP) is 6.15. The number of hydrogen-bond donors (Lipinski definition) is 1. The van der Waals surface area contributed by atoms with Gasteiger partial charge in [0.2, 0.25) is 5.13 Å². The van der Waals surface area contributed by atoms with Gasteiger partial charge in [0.15, 0.2) is 11.5 Å². The molecular formula is C25H23N3O2S. The van der Waals surface area contributed by atoms with Crippen molar-refractivity contribution in [1.82, 2.24) is 4.98 Å². The van der Waals surface area contributed by atoms with Crippen molar-refractivity contribution >= 4 is 22.7 Å². The van der Waals surface area contributed by atoms with Gasteiger partial charge in [-0.25, -0.2) is 4.98 Å². The maximum Gasteiger partial charge on any atom is 0.204 e. The SMILES string of the molecule is COc1cc(C=NNc2nc(-c3ccccc3)c(C)s2)ccc1OCc1ccccc1. The largest absolute Gasteiger partial charge is 0.493 e. The maximum absolute atomic E-state index is 5.91. The number of benzene rings is 3. The van der Waals surface area contributed by atoms with Crippen molar-refractivity contribution in [3.05, 3.63) is 94.9 Å². The Hall–Kier alpha value is -3.64. The van der Waals surface area contributed by atoms with Crippen molar-refractivity contribution < 1.29 is 9.47 Å². The van der Waals surface area contributed by atoms with Crippen molar-refractivity contribution in [3.8, 4) is 22.8 Å². The summed E-state index contributed by atoms with van der Waals surface area (Å²) in [4.78, 5) is 5.81. The van der Waals surface area contributed by atoms with E-state index in [2.05, 4.69) is 34.6 Å². The molecule has 1 N–H and O–H groups in total. The molecule has 1 heterocycles. The van der Waals surface area contributed by atoms with Crippen LogP contribution in [-0.2, 0) is 6.61 Å². The number of anilines is 1. The molecule has 6 heteroatoms. The molecule has 5 nitrogen and oxygen atoms in total. The predicted molar refractivity (Wildman–Crippen MR) is 127 cm³/mol. The highest BCUT2D eigenvalue weighted by molar-refractivity contribution is 7.15. The molecule has 4 rings (SSSR count). The van der Waals surface area contributed by atoms with Gasteiger partial charge in [0.05, 0.1) is 19.0 Å². The van der Waals surface area contributed by atoms with Crippen LogP contribution in [0.25, 0.3) is 11.3 Å². The second kappa shape index (κ2) is 9.91. The van der Waals surface area contributed by atoms with Crippen LogP contribution in [0.4, 0.5) is 5.13 Å². The van der Waals surface area contributed by atoms with Crippen LogP contribution >= 0.6 is 11.3 Å². The summed E-state index contributed by atoms with van der Waals surface area (Å²) in [6.07, 6.45) is 1.74. The van der Waals surface area contributed by atoms with Crippen LogP contribution in [0.1, 0.15) is 16.0 Å². The second-order valence-electron chi connectivity index (χ2n) is 6.84. The topological polar surface area (TPSA) is 55.7 Å². The van der Waals surface area contributed by atoms with Gasteiger partial charge >= 0.3 is 0 Å². The van der Waals surface area contributed by atoms with Crippen LogP contribution in [0.15, 0.2) is 84.0 Å². The number of nitrogens with zero attached hydrogens (tertiary/aromatic N) is 2. The van der Waals surface area contributed by atoms with E-state index in [1.54, 1.807) is 24.7 Å². The molecule has 4 aromatic rings. The Morgan fingerprint density at radius 2 is 1.71 bits per heavy atom. The summed E-state index contributed by atoms with van der Waals surface area (Å²) in [6.45, 7) is 2.55. The minimum absolute atomic E-state index is 0.485. The molecule has 0 fully saturated rings. The van der Waals surface area contributed by atoms with E-state index in [9.17, 15) is 0 Å². The lowest BCUT2D eigenvalue weighted by Crippen LogP contribution is -1.98. The van der Waals surface area contributed by atoms with Crippen LogP contribution < -0.4 is 14.9 Å². The molecular weight excluding hydrogens is 406 g/mol. The van der Waals surface area contributed by atoms with Gasteiger partial charge in [0, 0.05) is 10.4 Å². The Morgan fingerprint density at radius 1 is 0.968 bits per heavy atom. The first-order valence-corrected chi connectivity index (χ1v) is 10.7. The van der Waals surface area contributed by atoms with E-state index in [1.807, 2.05) is 66.7 Å². The van der Waals surface area contributed by atoms with Gasteiger partial charge in [-0.05, 0) is 36.2 Å². The van der Waals surface area contributed by atoms with Crippen molar-refractivity contribution in [1.29, 1.82) is 0 Å². The van der Waals surface area contributed by atoms with Gasteiger partial charge in [0.1, 0.15) is 6.61 Å². The number of nitrogens with one attached hydrogen (secondary N) is 1. The van der Waals surface area contributed by atoms with E-state index < -0.39 is 0 Å². The monoisotopic (exact) mass is 429 g/mol. The summed E-state index contributed by atoms with van der Waals surface area (Å²) in [7, 11) is 1.63. The van der Waals surface area contributed by atoms with Gasteiger partial charge in [-0.15, -0.1) is 11.3 Å². The quantitative estimate of drug-likeness (QED) is 0.269. The smallest absolute Gasteiger partial charge is 0.204 e. The molecule has 0 amide bonds. The molecule has 0 saturated carbocycles. The Kier molecular flexibility index (Phi) is 6.59. The van der Waals surface area contributed by atoms with Crippen LogP contribution in [0, 0.1) is 6.92 Å². The Morgan fingerprint density at radius 3 is 2.45 bits per heavy atom. The first-order valence-electron chi connectivity index (χ1n) is 9.89. The van der Waals surface area contributed by atoms with Crippen LogP contribution in [0.3, 0.4) is 0 Å². The summed E-state index contributed by atoms with van der Waals surface area (Å²) < 4.78 is 11.4. The molecule has 1 aromatic heterocycles. The number of rotatable bonds is 8. The summed E-state index contributed by atoms with van der Waals surface area (Å²) >= 11 is 1.58. The van der Waals surface area contributed by atoms with Crippen molar-refractivity contribution in [3.63, 3.8) is 0 Å². The van der Waals surface area contributed by atoms with Gasteiger partial charge in [-0.3, -0.25) is 5.43 Å². The van der Waals surface area contributed by atoms with Crippen LogP contribution in [0.5, 0.6) is 11.5 Å². The molecule has 31 heavy (non-hydrogen) atoms. The third-order valence-electron chi connectivity index (χ3n) is 4.64. The number of thiazole rings is 1. The summed E-state index contributed by atoms with van der Waals surface area (Å²) in [5.74, 6) is 1.36. The molecule has 0 aliphatic rings. The van der Waals surface area contributed by atoms with Crippen molar-refractivity contribution in [2.24, 2.45) is 5.10 Å². The van der Waals surface area contributed by atoms with E-state index in [1.165, 1.54) is 0 Å². The van der Waals surface area contributed by atoms with E-state index in [0.717, 1.165) is 32.4 Å². The Balaban J connectivity index is 1.41. The zero-order chi connectivity index (χ0) is 21.5. The minimum Gasteiger partial charge on any atom is -0.493 e. The molecule has 156 valence electrons. The molecule has 3 aromatic carbocycles. The lowest BCUT2D eigenvalue weighted by atomic mass is 10.1. The second-order valence-corrected chi connectivity index (χ2v) is 8.05. The molecule has 0 spiro atoms. The summed E-state index contributed by atoms with van der Waals surface area (Å²) in [5.41, 5.74) is 7.11. The van der Waals surface area contributed by atoms with Gasteiger partial charge < -0.3 is 9.47 Å². The molecule has 0 saturated heterocycles. The number of aromatic nitrogens is 1. The first-order chi connectivity index (χ1) is 15.2. The third kappa shape index (κ3) is 5.29. The average Bonchev–Trinajstić information content (AvgIpc) is 3.19. The summed E-state index contributed by atoms with van der Waals surface area (Å²) in [6, 6.07) is 25.9. The van der Waals surface area contributed by atoms with E-state index in [0.29, 0.717) is 18.1 Å². The number of ether oxygens (including phenoxy) is 2. The third-order valence-corrected chi connectivity index (χ3v) is 5.52. The standard InChI is InChI=1S/C25H23N3O2S/c1-18-24(21-11-7-4-8-12-21)27-25(31-18)28-26-16-20-13-14-22(23(15-20)29-2)30-17-19-9-5-3-6-10-19/h3-16H,17H2,1-2H3,(H,27,28). The van der Waals surface area contributed by atoms with E-state index in [-0.39, 0.29) is 0 Å². The Bertz CT molecular complexity index is 1160. The number of aryl methyl sites for hydroxylation is 1. The molecule has 0 bridgehead atoms. The van der Waals surface area contributed by atoms with Crippen molar-refractivity contribution in [2.75, 3.05) is 12.5 Å². The normalized spacial score (nSPS) is 10.9. The lowest BCUT2D eigenvalue weighted by Gasteiger charge is -2.11. The van der Waals surface area contributed by atoms with Crippen LogP contribution in [-0.4, -0.2) is 18.3 Å². The number of methoxy groups -OCH3 is 1. The lowest BCUT2D eigenvalue weighted by molar-refractivity contribution is 0.284. The highest BCUT2D eigenvalue weighted by Gasteiger charge is 2.09. The average molecular weight is 430 g/mol. The molecule has 0 atom stereocenters. The van der Waals surface area contributed by atoms with Gasteiger partial charge in [-0.2, -0.15) is 5.10 Å². The first kappa shape index (κ1) is 20.6. The maximum atomic E-state index is 5.91. The summed E-state index contributed by atoms with van der Waals surface area (Å²) in [5, 5.41) is 5.09. The highest BCUT2D eigenvalue weighted by Crippen LogP contribution is 2.30. The molecule has 0 aliphatic carbocycles. The molecule has 0 unspecified atom stereocenters. The molecule has 0 radical (unpaired) electrons. The van der Waals surface area contributed by atoms with E-state index in [4.69, 9.17) is 9.47 Å². The number of hydrogen-bond acceptors (Lipinski definition) is 6. The van der Waals surface area contributed by atoms with Gasteiger partial charge in [0.25, 0.3) is 0 Å². The zero-order valence-corrected chi connectivity index (χ0v) is 18.2. The van der Waals surface area contributed by atoms with Crippen molar-refractivity contribution in [2.45, 2.75) is 13.5 Å². The fourth-order valence-corrected chi connectivity index (χ4v) is 3.87. The van der Waals surface area contributed by atoms with E-state index >= 15 is 0 Å². The minimum atomic E-state index is 0.485. The Labute approximate surface area is 186 Å². The molecule has 0 aliphatic heterocycles. The zero-order valence-electron chi connectivity index (χ0n) is 17.4. The number of hydrazone groups is 1. The highest BCUT2D eigenvalue weighted by atomic mass is 32.1. The van der Waals surface area contributed by atoms with Gasteiger partial charge in [-0.1, -0.05) is 60.7 Å². The fourth-order valence-electron chi connectivity index (χ4n) is 3.09.